The molecule has 9 nitrogen and oxygen atoms in total. The molecule has 40 heavy (non-hydrogen) atoms. The highest BCUT2D eigenvalue weighted by Crippen LogP contribution is 2.63. The highest BCUT2D eigenvalue weighted by atomic mass is 32.2. The predicted molar refractivity (Wildman–Crippen MR) is 128 cm³/mol. The van der Waals surface area contributed by atoms with Crippen LogP contribution in [0, 0.1) is 17.3 Å². The summed E-state index contributed by atoms with van der Waals surface area (Å²) < 4.78 is 113. The Morgan fingerprint density at radius 3 is 2.15 bits per heavy atom. The van der Waals surface area contributed by atoms with Crippen LogP contribution in [0.1, 0.15) is 57.4 Å². The Morgan fingerprint density at radius 1 is 1.02 bits per heavy atom. The predicted octanol–water partition coefficient (Wildman–Crippen LogP) is 4.74. The van der Waals surface area contributed by atoms with Crippen LogP contribution >= 0.6 is 0 Å². The molecule has 0 amide bonds. The minimum Gasteiger partial charge on any atom is -0.497 e. The van der Waals surface area contributed by atoms with E-state index in [1.165, 1.54) is 7.11 Å². The van der Waals surface area contributed by atoms with Gasteiger partial charge in [0.2, 0.25) is 0 Å². The molecule has 4 bridgehead atoms. The van der Waals surface area contributed by atoms with E-state index >= 15 is 0 Å². The summed E-state index contributed by atoms with van der Waals surface area (Å²) in [6.45, 7) is 1.07. The van der Waals surface area contributed by atoms with Gasteiger partial charge in [-0.25, -0.2) is 4.79 Å². The second kappa shape index (κ2) is 10.5. The van der Waals surface area contributed by atoms with Gasteiger partial charge in [-0.15, -0.1) is 0 Å². The highest BCUT2D eigenvalue weighted by molar-refractivity contribution is 7.88. The monoisotopic (exact) mass is 597 g/mol. The van der Waals surface area contributed by atoms with Crippen molar-refractivity contribution in [3.8, 4) is 5.75 Å². The number of halogens is 5. The minimum atomic E-state index is -6.33. The lowest BCUT2D eigenvalue weighted by molar-refractivity contribution is -0.212. The van der Waals surface area contributed by atoms with Gasteiger partial charge in [0, 0.05) is 17.4 Å². The third kappa shape index (κ3) is 5.88. The Morgan fingerprint density at radius 2 is 1.62 bits per heavy atom. The maximum absolute atomic E-state index is 14.7. The van der Waals surface area contributed by atoms with Gasteiger partial charge in [0.25, 0.3) is 0 Å². The maximum atomic E-state index is 14.7. The molecule has 0 heterocycles. The number of ether oxygens (including phenoxy) is 3. The molecule has 4 saturated carbocycles. The van der Waals surface area contributed by atoms with Crippen LogP contribution in [-0.2, 0) is 33.5 Å². The van der Waals surface area contributed by atoms with E-state index in [0.717, 1.165) is 30.7 Å². The van der Waals surface area contributed by atoms with Crippen LogP contribution in [0.15, 0.2) is 29.4 Å². The molecular weight excluding hydrogens is 569 g/mol. The van der Waals surface area contributed by atoms with Crippen molar-refractivity contribution in [2.24, 2.45) is 22.4 Å². The average Bonchev–Trinajstić information content (AvgIpc) is 2.85. The van der Waals surface area contributed by atoms with Crippen molar-refractivity contribution < 1.29 is 58.5 Å². The first-order valence-corrected chi connectivity index (χ1v) is 13.9. The first-order valence-electron chi connectivity index (χ1n) is 12.5. The number of nitrogens with zero attached hydrogens (tertiary/aromatic N) is 1. The molecule has 1 aromatic rings. The zero-order chi connectivity index (χ0) is 29.6. The Kier molecular flexibility index (Phi) is 7.84. The summed E-state index contributed by atoms with van der Waals surface area (Å²) in [4.78, 5) is 24.3. The molecule has 0 aromatic heterocycles. The molecule has 0 spiro atoms. The number of benzene rings is 1. The fourth-order valence-electron chi connectivity index (χ4n) is 6.52. The van der Waals surface area contributed by atoms with Gasteiger partial charge < -0.3 is 14.2 Å². The number of hydrogen-bond donors (Lipinski definition) is 0. The smallest absolute Gasteiger partial charge is 0.478 e. The third-order valence-corrected chi connectivity index (χ3v) is 8.73. The molecule has 2 unspecified atom stereocenters. The molecule has 1 aromatic carbocycles. The molecular formula is C25H28F5NO8S. The fraction of sp³-hybridized carbons (Fsp3) is 0.640. The first kappa shape index (κ1) is 30.0. The van der Waals surface area contributed by atoms with Gasteiger partial charge in [0.05, 0.1) is 13.7 Å². The second-order valence-electron chi connectivity index (χ2n) is 10.8. The van der Waals surface area contributed by atoms with Crippen LogP contribution in [0.2, 0.25) is 0 Å². The number of carbonyl (C=O) groups excluding carboxylic acids is 2. The zero-order valence-electron chi connectivity index (χ0n) is 21.6. The van der Waals surface area contributed by atoms with Crippen LogP contribution in [0.25, 0.3) is 0 Å². The van der Waals surface area contributed by atoms with Crippen molar-refractivity contribution in [2.45, 2.75) is 68.9 Å². The van der Waals surface area contributed by atoms with Crippen molar-refractivity contribution >= 4 is 27.8 Å². The molecule has 4 aliphatic rings. The van der Waals surface area contributed by atoms with Gasteiger partial charge >= 0.3 is 33.5 Å². The normalized spacial score (nSPS) is 28.2. The summed E-state index contributed by atoms with van der Waals surface area (Å²) in [5, 5.41) is -2.93. The number of carbonyl (C=O) groups is 2. The van der Waals surface area contributed by atoms with Gasteiger partial charge in [-0.3, -0.25) is 9.08 Å². The lowest BCUT2D eigenvalue weighted by atomic mass is 9.48. The van der Waals surface area contributed by atoms with Crippen molar-refractivity contribution in [3.05, 3.63) is 29.8 Å². The van der Waals surface area contributed by atoms with E-state index in [9.17, 15) is 40.0 Å². The highest BCUT2D eigenvalue weighted by Gasteiger charge is 2.62. The van der Waals surface area contributed by atoms with E-state index < -0.39 is 62.4 Å². The van der Waals surface area contributed by atoms with Gasteiger partial charge in [-0.05, 0) is 74.6 Å². The SMILES string of the molecule is CCC(=O)OC12CC3CC(CC(COC(=O)C(F)(F)S(=O)(=O)O/N=C(\c4ccc(OC)cc4)C(F)(F)F)(C3)C1)C2. The van der Waals surface area contributed by atoms with E-state index in [-0.39, 0.29) is 30.4 Å². The summed E-state index contributed by atoms with van der Waals surface area (Å²) in [7, 11) is -5.08. The number of esters is 2. The fourth-order valence-corrected chi connectivity index (χ4v) is 7.05. The molecule has 0 aliphatic heterocycles. The van der Waals surface area contributed by atoms with Crippen molar-refractivity contribution in [3.63, 3.8) is 0 Å². The third-order valence-electron chi connectivity index (χ3n) is 7.67. The Labute approximate surface area is 227 Å². The number of hydrogen-bond acceptors (Lipinski definition) is 9. The zero-order valence-corrected chi connectivity index (χ0v) is 22.4. The maximum Gasteiger partial charge on any atom is 0.478 e. The van der Waals surface area contributed by atoms with Crippen molar-refractivity contribution in [2.75, 3.05) is 13.7 Å². The van der Waals surface area contributed by atoms with Crippen LogP contribution in [0.4, 0.5) is 22.0 Å². The molecule has 4 aliphatic carbocycles. The summed E-state index contributed by atoms with van der Waals surface area (Å²) >= 11 is 0. The van der Waals surface area contributed by atoms with E-state index in [4.69, 9.17) is 14.2 Å². The molecule has 0 saturated heterocycles. The van der Waals surface area contributed by atoms with E-state index in [2.05, 4.69) is 9.44 Å². The lowest BCUT2D eigenvalue weighted by Crippen LogP contribution is -2.59. The van der Waals surface area contributed by atoms with E-state index in [1.54, 1.807) is 6.92 Å². The first-order chi connectivity index (χ1) is 18.5. The largest absolute Gasteiger partial charge is 0.497 e. The molecule has 222 valence electrons. The van der Waals surface area contributed by atoms with Gasteiger partial charge in [0.1, 0.15) is 11.4 Å². The summed E-state index contributed by atoms with van der Waals surface area (Å²) in [5.41, 5.74) is -4.23. The summed E-state index contributed by atoms with van der Waals surface area (Å²) in [6, 6.07) is 3.94. The summed E-state index contributed by atoms with van der Waals surface area (Å²) in [5.74, 6) is -2.51. The molecule has 0 N–H and O–H groups in total. The van der Waals surface area contributed by atoms with Crippen LogP contribution in [0.3, 0.4) is 0 Å². The standard InChI is InChI=1S/C25H28F5NO8S/c1-3-19(32)38-23-11-15-8-16(12-23)10-22(9-15,13-23)14-37-21(33)25(29,30)40(34,35)39-31-20(24(26,27)28)17-4-6-18(36-2)7-5-17/h4-7,15-16H,3,8-14H2,1-2H3/b31-20+. The van der Waals surface area contributed by atoms with Gasteiger partial charge in [-0.2, -0.15) is 30.4 Å². The molecule has 2 atom stereocenters. The Bertz CT molecular complexity index is 1260. The van der Waals surface area contributed by atoms with Gasteiger partial charge in [-0.1, -0.05) is 12.1 Å². The molecule has 15 heteroatoms. The molecule has 5 rings (SSSR count). The minimum absolute atomic E-state index is 0.116. The number of rotatable bonds is 10. The van der Waals surface area contributed by atoms with Crippen molar-refractivity contribution in [1.82, 2.24) is 0 Å². The van der Waals surface area contributed by atoms with E-state index in [0.29, 0.717) is 25.7 Å². The second-order valence-corrected chi connectivity index (χ2v) is 12.3. The topological polar surface area (TPSA) is 118 Å². The van der Waals surface area contributed by atoms with Crippen molar-refractivity contribution in [1.29, 1.82) is 0 Å². The van der Waals surface area contributed by atoms with Crippen LogP contribution in [0.5, 0.6) is 5.75 Å². The van der Waals surface area contributed by atoms with Crippen LogP contribution < -0.4 is 4.74 Å². The molecule has 0 radical (unpaired) electrons. The average molecular weight is 598 g/mol. The van der Waals surface area contributed by atoms with Gasteiger partial charge in [0.15, 0.2) is 5.71 Å². The lowest BCUT2D eigenvalue weighted by Gasteiger charge is -2.60. The van der Waals surface area contributed by atoms with E-state index in [1.807, 2.05) is 0 Å². The number of alkyl halides is 5. The Balaban J connectivity index is 1.48. The molecule has 4 fully saturated rings. The Hall–Kier alpha value is -2.97. The quantitative estimate of drug-likeness (QED) is 0.164. The number of methoxy groups -OCH3 is 1. The van der Waals surface area contributed by atoms with Crippen LogP contribution in [-0.4, -0.2) is 56.8 Å². The summed E-state index contributed by atoms with van der Waals surface area (Å²) in [6.07, 6.45) is -1.78. The number of oxime groups is 1.